The van der Waals surface area contributed by atoms with Crippen molar-refractivity contribution in [3.8, 4) is 0 Å². The van der Waals surface area contributed by atoms with Gasteiger partial charge in [0.25, 0.3) is 0 Å². The summed E-state index contributed by atoms with van der Waals surface area (Å²) in [6, 6.07) is 7.51. The van der Waals surface area contributed by atoms with Gasteiger partial charge in [0.15, 0.2) is 0 Å². The van der Waals surface area contributed by atoms with E-state index in [2.05, 4.69) is 0 Å². The first-order valence-corrected chi connectivity index (χ1v) is 7.45. The van der Waals surface area contributed by atoms with Crippen molar-refractivity contribution >= 4 is 69.7 Å². The zero-order chi connectivity index (χ0) is 16.4. The number of nitrogens with two attached hydrogens (primary N) is 1. The summed E-state index contributed by atoms with van der Waals surface area (Å²) in [5, 5.41) is 10.6. The van der Waals surface area contributed by atoms with Crippen LogP contribution in [-0.2, 0) is 4.79 Å². The number of aliphatic carboxylic acids is 1. The number of carboxylic acids is 1. The second-order valence-electron chi connectivity index (χ2n) is 4.39. The summed E-state index contributed by atoms with van der Waals surface area (Å²) < 4.78 is 0. The molecule has 7 heteroatoms. The van der Waals surface area contributed by atoms with Gasteiger partial charge in [-0.1, -0.05) is 52.5 Å². The number of nitrogen functional groups attached to an aromatic ring is 1. The third-order valence-corrected chi connectivity index (χ3v) is 4.35. The maximum atomic E-state index is 11.5. The summed E-state index contributed by atoms with van der Waals surface area (Å²) >= 11 is 23.6. The van der Waals surface area contributed by atoms with E-state index in [4.69, 9.17) is 52.1 Å². The Morgan fingerprint density at radius 2 is 1.55 bits per heavy atom. The number of hydrogen-bond donors (Lipinski definition) is 2. The molecule has 22 heavy (non-hydrogen) atoms. The highest BCUT2D eigenvalue weighted by molar-refractivity contribution is 6.43. The van der Waals surface area contributed by atoms with E-state index in [1.165, 1.54) is 30.3 Å². The number of rotatable bonds is 3. The lowest BCUT2D eigenvalue weighted by Crippen LogP contribution is -2.00. The number of benzene rings is 2. The Labute approximate surface area is 146 Å². The van der Waals surface area contributed by atoms with E-state index < -0.39 is 5.97 Å². The van der Waals surface area contributed by atoms with Gasteiger partial charge in [0, 0.05) is 5.69 Å². The third kappa shape index (κ3) is 3.68. The highest BCUT2D eigenvalue weighted by atomic mass is 35.5. The number of halogens is 4. The molecular weight excluding hydrogens is 368 g/mol. The molecule has 0 bridgehead atoms. The van der Waals surface area contributed by atoms with Crippen LogP contribution in [0.4, 0.5) is 5.69 Å². The molecule has 2 aromatic carbocycles. The average Bonchev–Trinajstić information content (AvgIpc) is 2.44. The van der Waals surface area contributed by atoms with Crippen LogP contribution in [0.5, 0.6) is 0 Å². The second-order valence-corrected chi connectivity index (χ2v) is 6.02. The van der Waals surface area contributed by atoms with E-state index in [0.717, 1.165) is 0 Å². The third-order valence-electron chi connectivity index (χ3n) is 2.89. The van der Waals surface area contributed by atoms with E-state index >= 15 is 0 Å². The molecule has 3 nitrogen and oxygen atoms in total. The zero-order valence-electron chi connectivity index (χ0n) is 10.9. The highest BCUT2D eigenvalue weighted by Gasteiger charge is 2.14. The average molecular weight is 377 g/mol. The maximum absolute atomic E-state index is 11.5. The van der Waals surface area contributed by atoms with Gasteiger partial charge in [0.2, 0.25) is 0 Å². The Morgan fingerprint density at radius 1 is 0.955 bits per heavy atom. The molecule has 2 rings (SSSR count). The van der Waals surface area contributed by atoms with Crippen LogP contribution < -0.4 is 5.73 Å². The van der Waals surface area contributed by atoms with Crippen LogP contribution in [-0.4, -0.2) is 11.1 Å². The highest BCUT2D eigenvalue weighted by Crippen LogP contribution is 2.31. The van der Waals surface area contributed by atoms with Crippen molar-refractivity contribution in [1.29, 1.82) is 0 Å². The Balaban J connectivity index is 2.59. The molecule has 0 aliphatic heterocycles. The van der Waals surface area contributed by atoms with Gasteiger partial charge in [0.1, 0.15) is 0 Å². The van der Waals surface area contributed by atoms with Gasteiger partial charge in [-0.15, -0.1) is 0 Å². The minimum Gasteiger partial charge on any atom is -0.478 e. The number of carbonyl (C=O) groups is 1. The summed E-state index contributed by atoms with van der Waals surface area (Å²) in [4.78, 5) is 11.5. The van der Waals surface area contributed by atoms with Crippen molar-refractivity contribution in [2.24, 2.45) is 0 Å². The summed E-state index contributed by atoms with van der Waals surface area (Å²) in [7, 11) is 0. The minimum atomic E-state index is -1.14. The van der Waals surface area contributed by atoms with E-state index in [9.17, 15) is 9.90 Å². The molecular formula is C15H9Cl4NO2. The van der Waals surface area contributed by atoms with Gasteiger partial charge in [-0.05, 0) is 41.5 Å². The molecule has 0 fully saturated rings. The molecule has 0 aliphatic carbocycles. The topological polar surface area (TPSA) is 63.3 Å². The fourth-order valence-corrected chi connectivity index (χ4v) is 2.43. The molecule has 0 heterocycles. The molecule has 0 aromatic heterocycles. The first-order valence-electron chi connectivity index (χ1n) is 5.94. The monoisotopic (exact) mass is 375 g/mol. The van der Waals surface area contributed by atoms with Gasteiger partial charge >= 0.3 is 5.97 Å². The molecule has 3 N–H and O–H groups in total. The zero-order valence-corrected chi connectivity index (χ0v) is 13.9. The van der Waals surface area contributed by atoms with Crippen molar-refractivity contribution in [1.82, 2.24) is 0 Å². The van der Waals surface area contributed by atoms with Crippen LogP contribution >= 0.6 is 46.4 Å². The Hall–Kier alpha value is -1.39. The van der Waals surface area contributed by atoms with Gasteiger partial charge in [-0.2, -0.15) is 0 Å². The summed E-state index contributed by atoms with van der Waals surface area (Å²) in [6.45, 7) is 0. The lowest BCUT2D eigenvalue weighted by Gasteiger charge is -2.08. The number of hydrogen-bond acceptors (Lipinski definition) is 2. The van der Waals surface area contributed by atoms with Crippen molar-refractivity contribution < 1.29 is 9.90 Å². The van der Waals surface area contributed by atoms with Gasteiger partial charge < -0.3 is 10.8 Å². The van der Waals surface area contributed by atoms with Crippen molar-refractivity contribution in [3.05, 3.63) is 61.5 Å². The van der Waals surface area contributed by atoms with Gasteiger partial charge in [0.05, 0.1) is 25.7 Å². The normalized spacial score (nSPS) is 11.5. The minimum absolute atomic E-state index is 0.00338. The van der Waals surface area contributed by atoms with E-state index in [-0.39, 0.29) is 15.6 Å². The standard InChI is InChI=1S/C15H9Cl4NO2/c16-10-2-1-7(4-11(10)17)9(15(21)22)3-8-5-12(18)13(19)6-14(8)20/h1-6H,20H2,(H,21,22)/b9-3+. The summed E-state index contributed by atoms with van der Waals surface area (Å²) in [5.74, 6) is -1.14. The molecule has 114 valence electrons. The molecule has 0 unspecified atom stereocenters. The number of anilines is 1. The SMILES string of the molecule is Nc1cc(Cl)c(Cl)cc1/C=C(/C(=O)O)c1ccc(Cl)c(Cl)c1. The molecule has 0 aliphatic rings. The maximum Gasteiger partial charge on any atom is 0.336 e. The van der Waals surface area contributed by atoms with Crippen LogP contribution in [0.25, 0.3) is 11.6 Å². The van der Waals surface area contributed by atoms with E-state index in [1.807, 2.05) is 0 Å². The smallest absolute Gasteiger partial charge is 0.336 e. The van der Waals surface area contributed by atoms with Crippen LogP contribution in [0, 0.1) is 0 Å². The number of carboxylic acid groups (broad SMARTS) is 1. The van der Waals surface area contributed by atoms with Crippen molar-refractivity contribution in [2.45, 2.75) is 0 Å². The molecule has 2 aromatic rings. The lowest BCUT2D eigenvalue weighted by atomic mass is 10.0. The molecule has 0 saturated carbocycles. The Bertz CT molecular complexity index is 787. The molecule has 0 amide bonds. The van der Waals surface area contributed by atoms with Crippen LogP contribution in [0.3, 0.4) is 0 Å². The van der Waals surface area contributed by atoms with Crippen LogP contribution in [0.15, 0.2) is 30.3 Å². The van der Waals surface area contributed by atoms with Gasteiger partial charge in [-0.3, -0.25) is 0 Å². The molecule has 0 atom stereocenters. The van der Waals surface area contributed by atoms with Crippen LogP contribution in [0.1, 0.15) is 11.1 Å². The first kappa shape index (κ1) is 17.0. The van der Waals surface area contributed by atoms with E-state index in [1.54, 1.807) is 6.07 Å². The predicted octanol–water partition coefficient (Wildman–Crippen LogP) is 5.51. The molecule has 0 spiro atoms. The predicted molar refractivity (Wildman–Crippen MR) is 92.8 cm³/mol. The summed E-state index contributed by atoms with van der Waals surface area (Å²) in [5.41, 5.74) is 7.00. The lowest BCUT2D eigenvalue weighted by molar-refractivity contribution is -0.130. The van der Waals surface area contributed by atoms with Crippen LogP contribution in [0.2, 0.25) is 20.1 Å². The molecule has 0 saturated heterocycles. The van der Waals surface area contributed by atoms with Crippen molar-refractivity contribution in [2.75, 3.05) is 5.73 Å². The first-order chi connectivity index (χ1) is 10.3. The fourth-order valence-electron chi connectivity index (χ4n) is 1.79. The Kier molecular flexibility index (Phi) is 5.24. The fraction of sp³-hybridized carbons (Fsp3) is 0. The van der Waals surface area contributed by atoms with Crippen molar-refractivity contribution in [3.63, 3.8) is 0 Å². The Morgan fingerprint density at radius 3 is 2.14 bits per heavy atom. The largest absolute Gasteiger partial charge is 0.478 e. The second kappa shape index (κ2) is 6.80. The van der Waals surface area contributed by atoms with E-state index in [0.29, 0.717) is 26.9 Å². The molecule has 0 radical (unpaired) electrons. The quantitative estimate of drug-likeness (QED) is 0.421. The summed E-state index contributed by atoms with van der Waals surface area (Å²) in [6.07, 6.45) is 1.40. The van der Waals surface area contributed by atoms with Gasteiger partial charge in [-0.25, -0.2) is 4.79 Å².